The number of aromatic nitrogens is 2. The molecule has 1 aromatic rings. The fourth-order valence-corrected chi connectivity index (χ4v) is 3.00. The Balaban J connectivity index is 1.83. The summed E-state index contributed by atoms with van der Waals surface area (Å²) in [5.74, 6) is 1.39. The molecule has 0 bridgehead atoms. The third-order valence-corrected chi connectivity index (χ3v) is 4.43. The molecule has 100 valence electrons. The molecule has 5 nitrogen and oxygen atoms in total. The zero-order valence-electron chi connectivity index (χ0n) is 10.9. The molecule has 0 radical (unpaired) electrons. The smallest absolute Gasteiger partial charge is 0.234 e. The molecular weight excluding hydrogens is 230 g/mol. The van der Waals surface area contributed by atoms with Gasteiger partial charge < -0.3 is 15.0 Å². The Morgan fingerprint density at radius 2 is 2.17 bits per heavy atom. The van der Waals surface area contributed by atoms with E-state index < -0.39 is 0 Å². The third-order valence-electron chi connectivity index (χ3n) is 4.43. The summed E-state index contributed by atoms with van der Waals surface area (Å²) >= 11 is 0. The molecule has 0 amide bonds. The molecule has 1 aliphatic carbocycles. The molecule has 3 unspecified atom stereocenters. The largest absolute Gasteiger partial charge is 0.370 e. The van der Waals surface area contributed by atoms with E-state index in [0.717, 1.165) is 32.3 Å². The van der Waals surface area contributed by atoms with Crippen molar-refractivity contribution in [1.82, 2.24) is 10.1 Å². The quantitative estimate of drug-likeness (QED) is 0.871. The summed E-state index contributed by atoms with van der Waals surface area (Å²) in [6.45, 7) is 2.94. The van der Waals surface area contributed by atoms with E-state index >= 15 is 0 Å². The summed E-state index contributed by atoms with van der Waals surface area (Å²) in [4.78, 5) is 4.56. The first-order valence-corrected chi connectivity index (χ1v) is 6.91. The highest BCUT2D eigenvalue weighted by Gasteiger charge is 2.41. The molecule has 0 aromatic carbocycles. The lowest BCUT2D eigenvalue weighted by Gasteiger charge is -2.35. The molecule has 2 fully saturated rings. The maximum atomic E-state index is 6.25. The minimum Gasteiger partial charge on any atom is -0.370 e. The van der Waals surface area contributed by atoms with Gasteiger partial charge in [0.25, 0.3) is 0 Å². The van der Waals surface area contributed by atoms with Crippen LogP contribution in [0.3, 0.4) is 0 Å². The van der Waals surface area contributed by atoms with Crippen LogP contribution in [-0.4, -0.2) is 22.8 Å². The standard InChI is InChI=1S/C13H21N3O2/c1-13(7-3-2-6-10(13)14)12-15-11(16-18-12)9-5-4-8-17-9/h9-10H,2-8,14H2,1H3. The van der Waals surface area contributed by atoms with Crippen LogP contribution in [0.1, 0.15) is 63.3 Å². The zero-order chi connectivity index (χ0) is 12.6. The fourth-order valence-electron chi connectivity index (χ4n) is 3.00. The highest BCUT2D eigenvalue weighted by atomic mass is 16.5. The van der Waals surface area contributed by atoms with E-state index in [-0.39, 0.29) is 17.6 Å². The predicted octanol–water partition coefficient (Wildman–Crippen LogP) is 2.08. The van der Waals surface area contributed by atoms with E-state index in [2.05, 4.69) is 17.1 Å². The lowest BCUT2D eigenvalue weighted by atomic mass is 9.72. The van der Waals surface area contributed by atoms with Gasteiger partial charge in [0.05, 0.1) is 5.41 Å². The van der Waals surface area contributed by atoms with Crippen molar-refractivity contribution >= 4 is 0 Å². The van der Waals surface area contributed by atoms with Crippen molar-refractivity contribution < 1.29 is 9.26 Å². The molecule has 5 heteroatoms. The van der Waals surface area contributed by atoms with Crippen molar-refractivity contribution in [2.75, 3.05) is 6.61 Å². The second-order valence-electron chi connectivity index (χ2n) is 5.73. The number of nitrogens with zero attached hydrogens (tertiary/aromatic N) is 2. The van der Waals surface area contributed by atoms with Crippen LogP contribution < -0.4 is 5.73 Å². The molecule has 2 aliphatic rings. The molecular formula is C13H21N3O2. The molecule has 1 aliphatic heterocycles. The van der Waals surface area contributed by atoms with E-state index in [1.165, 1.54) is 12.8 Å². The monoisotopic (exact) mass is 251 g/mol. The van der Waals surface area contributed by atoms with Crippen LogP contribution in [0, 0.1) is 0 Å². The van der Waals surface area contributed by atoms with Gasteiger partial charge in [0, 0.05) is 12.6 Å². The Morgan fingerprint density at radius 3 is 2.89 bits per heavy atom. The van der Waals surface area contributed by atoms with Crippen LogP contribution >= 0.6 is 0 Å². The van der Waals surface area contributed by atoms with Crippen LogP contribution in [-0.2, 0) is 10.2 Å². The van der Waals surface area contributed by atoms with Gasteiger partial charge in [0.2, 0.25) is 11.7 Å². The first kappa shape index (κ1) is 12.1. The summed E-state index contributed by atoms with van der Waals surface area (Å²) in [7, 11) is 0. The summed E-state index contributed by atoms with van der Waals surface area (Å²) in [5.41, 5.74) is 6.08. The van der Waals surface area contributed by atoms with Crippen molar-refractivity contribution in [3.63, 3.8) is 0 Å². The van der Waals surface area contributed by atoms with Gasteiger partial charge in [-0.05, 0) is 32.6 Å². The van der Waals surface area contributed by atoms with Crippen LogP contribution in [0.5, 0.6) is 0 Å². The summed E-state index contributed by atoms with van der Waals surface area (Å²) in [6.07, 6.45) is 6.53. The average Bonchev–Trinajstić information content (AvgIpc) is 3.01. The third kappa shape index (κ3) is 1.95. The number of rotatable bonds is 2. The van der Waals surface area contributed by atoms with E-state index in [1.807, 2.05) is 0 Å². The number of nitrogens with two attached hydrogens (primary N) is 1. The normalized spacial score (nSPS) is 37.0. The average molecular weight is 251 g/mol. The second-order valence-corrected chi connectivity index (χ2v) is 5.73. The molecule has 0 spiro atoms. The van der Waals surface area contributed by atoms with Crippen molar-refractivity contribution in [3.05, 3.63) is 11.7 Å². The minimum absolute atomic E-state index is 0.0194. The molecule has 18 heavy (non-hydrogen) atoms. The predicted molar refractivity (Wildman–Crippen MR) is 66.0 cm³/mol. The van der Waals surface area contributed by atoms with Gasteiger partial charge in [-0.2, -0.15) is 4.98 Å². The van der Waals surface area contributed by atoms with Crippen molar-refractivity contribution in [1.29, 1.82) is 0 Å². The van der Waals surface area contributed by atoms with E-state index in [9.17, 15) is 0 Å². The van der Waals surface area contributed by atoms with Gasteiger partial charge in [-0.3, -0.25) is 0 Å². The van der Waals surface area contributed by atoms with Gasteiger partial charge in [0.15, 0.2) is 0 Å². The first-order valence-electron chi connectivity index (χ1n) is 6.91. The summed E-state index contributed by atoms with van der Waals surface area (Å²) in [5, 5.41) is 4.09. The number of hydrogen-bond acceptors (Lipinski definition) is 5. The van der Waals surface area contributed by atoms with Crippen molar-refractivity contribution in [2.24, 2.45) is 5.73 Å². The van der Waals surface area contributed by atoms with E-state index in [4.69, 9.17) is 15.0 Å². The number of hydrogen-bond donors (Lipinski definition) is 1. The van der Waals surface area contributed by atoms with Gasteiger partial charge in [0.1, 0.15) is 6.10 Å². The summed E-state index contributed by atoms with van der Waals surface area (Å²) in [6, 6.07) is 0.115. The summed E-state index contributed by atoms with van der Waals surface area (Å²) < 4.78 is 11.1. The SMILES string of the molecule is CC1(c2nc(C3CCCO3)no2)CCCCC1N. The Kier molecular flexibility index (Phi) is 3.11. The van der Waals surface area contributed by atoms with Gasteiger partial charge in [-0.1, -0.05) is 18.0 Å². The Labute approximate surface area is 107 Å². The molecule has 1 saturated carbocycles. The maximum Gasteiger partial charge on any atom is 0.234 e. The number of ether oxygens (including phenoxy) is 1. The molecule has 1 aromatic heterocycles. The highest BCUT2D eigenvalue weighted by Crippen LogP contribution is 2.38. The highest BCUT2D eigenvalue weighted by molar-refractivity contribution is 5.11. The van der Waals surface area contributed by atoms with Crippen LogP contribution in [0.15, 0.2) is 4.52 Å². The van der Waals surface area contributed by atoms with Gasteiger partial charge in [-0.15, -0.1) is 0 Å². The van der Waals surface area contributed by atoms with E-state index in [1.54, 1.807) is 0 Å². The minimum atomic E-state index is -0.165. The molecule has 3 rings (SSSR count). The zero-order valence-corrected chi connectivity index (χ0v) is 10.9. The van der Waals surface area contributed by atoms with Crippen molar-refractivity contribution in [2.45, 2.75) is 63.0 Å². The second kappa shape index (κ2) is 4.63. The Morgan fingerprint density at radius 1 is 1.28 bits per heavy atom. The van der Waals surface area contributed by atoms with Gasteiger partial charge >= 0.3 is 0 Å². The fraction of sp³-hybridized carbons (Fsp3) is 0.846. The van der Waals surface area contributed by atoms with Crippen molar-refractivity contribution in [3.8, 4) is 0 Å². The molecule has 3 atom stereocenters. The first-order chi connectivity index (χ1) is 8.70. The molecule has 2 N–H and O–H groups in total. The molecule has 2 heterocycles. The molecule has 1 saturated heterocycles. The Hall–Kier alpha value is -0.940. The maximum absolute atomic E-state index is 6.25. The van der Waals surface area contributed by atoms with E-state index in [0.29, 0.717) is 11.7 Å². The topological polar surface area (TPSA) is 74.2 Å². The Bertz CT molecular complexity index is 414. The lowest BCUT2D eigenvalue weighted by Crippen LogP contribution is -2.45. The van der Waals surface area contributed by atoms with Crippen LogP contribution in [0.25, 0.3) is 0 Å². The lowest BCUT2D eigenvalue weighted by molar-refractivity contribution is 0.103. The van der Waals surface area contributed by atoms with Gasteiger partial charge in [-0.25, -0.2) is 0 Å². The van der Waals surface area contributed by atoms with Crippen LogP contribution in [0.4, 0.5) is 0 Å². The van der Waals surface area contributed by atoms with Crippen LogP contribution in [0.2, 0.25) is 0 Å².